The third-order valence-electron chi connectivity index (χ3n) is 2.59. The Labute approximate surface area is 102 Å². The predicted octanol–water partition coefficient (Wildman–Crippen LogP) is 2.08. The van der Waals surface area contributed by atoms with Crippen LogP contribution in [0.3, 0.4) is 0 Å². The summed E-state index contributed by atoms with van der Waals surface area (Å²) in [5, 5.41) is 19.7. The van der Waals surface area contributed by atoms with Crippen molar-refractivity contribution in [3.8, 4) is 0 Å². The molecule has 0 bridgehead atoms. The molecule has 0 amide bonds. The van der Waals surface area contributed by atoms with Gasteiger partial charge in [0.1, 0.15) is 5.82 Å². The Kier molecular flexibility index (Phi) is 3.38. The van der Waals surface area contributed by atoms with Crippen LogP contribution in [0.4, 0.5) is 10.1 Å². The van der Waals surface area contributed by atoms with Gasteiger partial charge >= 0.3 is 0 Å². The normalized spacial score (nSPS) is 10.6. The maximum atomic E-state index is 13.2. The van der Waals surface area contributed by atoms with Gasteiger partial charge in [-0.1, -0.05) is 0 Å². The monoisotopic (exact) mass is 250 g/mol. The van der Waals surface area contributed by atoms with E-state index in [-0.39, 0.29) is 18.8 Å². The molecule has 2 rings (SSSR count). The number of hydrogen-bond donors (Lipinski definition) is 1. The van der Waals surface area contributed by atoms with Crippen LogP contribution >= 0.6 is 0 Å². The van der Waals surface area contributed by atoms with Crippen molar-refractivity contribution in [3.05, 3.63) is 63.7 Å². The van der Waals surface area contributed by atoms with E-state index in [1.165, 1.54) is 12.1 Å². The lowest BCUT2D eigenvalue weighted by molar-refractivity contribution is -0.385. The van der Waals surface area contributed by atoms with Crippen molar-refractivity contribution in [1.82, 2.24) is 4.57 Å². The SMILES string of the molecule is O=[N+]([O-])c1cc(F)cc(Cn2cccc2CO)c1. The van der Waals surface area contributed by atoms with Crippen molar-refractivity contribution >= 4 is 5.69 Å². The number of non-ortho nitro benzene ring substituents is 1. The first-order valence-corrected chi connectivity index (χ1v) is 5.29. The van der Waals surface area contributed by atoms with E-state index in [1.54, 1.807) is 22.9 Å². The van der Waals surface area contributed by atoms with Crippen molar-refractivity contribution < 1.29 is 14.4 Å². The van der Waals surface area contributed by atoms with Gasteiger partial charge in [-0.15, -0.1) is 0 Å². The van der Waals surface area contributed by atoms with Gasteiger partial charge in [-0.2, -0.15) is 0 Å². The van der Waals surface area contributed by atoms with Crippen molar-refractivity contribution in [2.24, 2.45) is 0 Å². The summed E-state index contributed by atoms with van der Waals surface area (Å²) in [7, 11) is 0. The fourth-order valence-electron chi connectivity index (χ4n) is 1.77. The molecular formula is C12H11FN2O3. The topological polar surface area (TPSA) is 68.3 Å². The van der Waals surface area contributed by atoms with Crippen LogP contribution in [0.25, 0.3) is 0 Å². The largest absolute Gasteiger partial charge is 0.390 e. The first kappa shape index (κ1) is 12.3. The third kappa shape index (κ3) is 2.54. The first-order valence-electron chi connectivity index (χ1n) is 5.29. The van der Waals surface area contributed by atoms with Crippen molar-refractivity contribution in [2.75, 3.05) is 0 Å². The molecule has 2 aromatic rings. The van der Waals surface area contributed by atoms with Gasteiger partial charge in [-0.3, -0.25) is 10.1 Å². The fraction of sp³-hybridized carbons (Fsp3) is 0.167. The summed E-state index contributed by atoms with van der Waals surface area (Å²) in [5.74, 6) is -0.642. The van der Waals surface area contributed by atoms with Crippen LogP contribution in [0.1, 0.15) is 11.3 Å². The molecule has 0 radical (unpaired) electrons. The molecule has 1 aromatic heterocycles. The second-order valence-corrected chi connectivity index (χ2v) is 3.86. The zero-order chi connectivity index (χ0) is 13.1. The molecule has 0 spiro atoms. The lowest BCUT2D eigenvalue weighted by atomic mass is 10.2. The zero-order valence-corrected chi connectivity index (χ0v) is 9.41. The molecule has 1 N–H and O–H groups in total. The molecule has 0 unspecified atom stereocenters. The van der Waals surface area contributed by atoms with E-state index >= 15 is 0 Å². The molecule has 0 fully saturated rings. The molecule has 0 aliphatic rings. The average Bonchev–Trinajstić information content (AvgIpc) is 2.75. The number of aliphatic hydroxyl groups excluding tert-OH is 1. The summed E-state index contributed by atoms with van der Waals surface area (Å²) in [4.78, 5) is 9.99. The zero-order valence-electron chi connectivity index (χ0n) is 9.41. The number of nitro groups is 1. The molecule has 0 atom stereocenters. The number of aromatic nitrogens is 1. The summed E-state index contributed by atoms with van der Waals surface area (Å²) in [5.41, 5.74) is 0.872. The summed E-state index contributed by atoms with van der Waals surface area (Å²) in [6.07, 6.45) is 1.72. The van der Waals surface area contributed by atoms with Crippen LogP contribution in [0.2, 0.25) is 0 Å². The number of rotatable bonds is 4. The van der Waals surface area contributed by atoms with E-state index in [0.717, 1.165) is 6.07 Å². The van der Waals surface area contributed by atoms with E-state index in [1.807, 2.05) is 0 Å². The van der Waals surface area contributed by atoms with Gasteiger partial charge in [0.05, 0.1) is 17.6 Å². The van der Waals surface area contributed by atoms with Gasteiger partial charge in [0.2, 0.25) is 0 Å². The van der Waals surface area contributed by atoms with E-state index < -0.39 is 10.7 Å². The minimum Gasteiger partial charge on any atom is -0.390 e. The summed E-state index contributed by atoms with van der Waals surface area (Å²) < 4.78 is 14.9. The van der Waals surface area contributed by atoms with E-state index in [0.29, 0.717) is 11.3 Å². The number of halogens is 1. The number of aliphatic hydroxyl groups is 1. The van der Waals surface area contributed by atoms with Gasteiger partial charge in [-0.25, -0.2) is 4.39 Å². The Morgan fingerprint density at radius 1 is 1.39 bits per heavy atom. The first-order chi connectivity index (χ1) is 8.60. The van der Waals surface area contributed by atoms with Crippen LogP contribution in [-0.4, -0.2) is 14.6 Å². The smallest absolute Gasteiger partial charge is 0.272 e. The highest BCUT2D eigenvalue weighted by molar-refractivity contribution is 5.35. The Bertz CT molecular complexity index is 580. The van der Waals surface area contributed by atoms with Crippen LogP contribution in [0.15, 0.2) is 36.5 Å². The number of benzene rings is 1. The summed E-state index contributed by atoms with van der Waals surface area (Å²) in [6, 6.07) is 6.93. The van der Waals surface area contributed by atoms with Gasteiger partial charge in [0.15, 0.2) is 0 Å². The van der Waals surface area contributed by atoms with Crippen LogP contribution in [0.5, 0.6) is 0 Å². The summed E-state index contributed by atoms with van der Waals surface area (Å²) in [6.45, 7) is 0.145. The second-order valence-electron chi connectivity index (χ2n) is 3.86. The number of nitrogens with zero attached hydrogens (tertiary/aromatic N) is 2. The predicted molar refractivity (Wildman–Crippen MR) is 62.5 cm³/mol. The van der Waals surface area contributed by atoms with Crippen molar-refractivity contribution in [1.29, 1.82) is 0 Å². The van der Waals surface area contributed by atoms with Gasteiger partial charge in [0, 0.05) is 24.5 Å². The van der Waals surface area contributed by atoms with E-state index in [4.69, 9.17) is 5.11 Å². The minimum atomic E-state index is -0.642. The molecule has 0 saturated heterocycles. The molecule has 94 valence electrons. The molecule has 0 aliphatic heterocycles. The molecule has 0 saturated carbocycles. The Balaban J connectivity index is 2.32. The van der Waals surface area contributed by atoms with Crippen molar-refractivity contribution in [2.45, 2.75) is 13.2 Å². The quantitative estimate of drug-likeness (QED) is 0.667. The van der Waals surface area contributed by atoms with E-state index in [2.05, 4.69) is 0 Å². The highest BCUT2D eigenvalue weighted by Crippen LogP contribution is 2.18. The highest BCUT2D eigenvalue weighted by Gasteiger charge is 2.10. The Morgan fingerprint density at radius 2 is 2.17 bits per heavy atom. The maximum absolute atomic E-state index is 13.2. The lowest BCUT2D eigenvalue weighted by Crippen LogP contribution is -2.04. The lowest BCUT2D eigenvalue weighted by Gasteiger charge is -2.07. The Morgan fingerprint density at radius 3 is 2.83 bits per heavy atom. The number of nitro benzene ring substituents is 1. The second kappa shape index (κ2) is 4.97. The fourth-order valence-corrected chi connectivity index (χ4v) is 1.77. The molecule has 6 heteroatoms. The third-order valence-corrected chi connectivity index (χ3v) is 2.59. The summed E-state index contributed by atoms with van der Waals surface area (Å²) >= 11 is 0. The van der Waals surface area contributed by atoms with Gasteiger partial charge in [-0.05, 0) is 23.8 Å². The molecule has 18 heavy (non-hydrogen) atoms. The molecule has 0 aliphatic carbocycles. The van der Waals surface area contributed by atoms with E-state index in [9.17, 15) is 14.5 Å². The Hall–Kier alpha value is -2.21. The van der Waals surface area contributed by atoms with Crippen LogP contribution in [-0.2, 0) is 13.2 Å². The molecular weight excluding hydrogens is 239 g/mol. The minimum absolute atomic E-state index is 0.135. The van der Waals surface area contributed by atoms with Crippen LogP contribution in [0, 0.1) is 15.9 Å². The van der Waals surface area contributed by atoms with Crippen LogP contribution < -0.4 is 0 Å². The molecule has 1 aromatic carbocycles. The molecule has 1 heterocycles. The standard InChI is InChI=1S/C12H11FN2O3/c13-10-4-9(5-12(6-10)15(17)18)7-14-3-1-2-11(14)8-16/h1-6,16H,7-8H2. The maximum Gasteiger partial charge on any atom is 0.272 e. The van der Waals surface area contributed by atoms with Gasteiger partial charge in [0.25, 0.3) is 5.69 Å². The molecule has 5 nitrogen and oxygen atoms in total. The van der Waals surface area contributed by atoms with Crippen molar-refractivity contribution in [3.63, 3.8) is 0 Å². The highest BCUT2D eigenvalue weighted by atomic mass is 19.1. The average molecular weight is 250 g/mol. The number of hydrogen-bond acceptors (Lipinski definition) is 3. The van der Waals surface area contributed by atoms with Gasteiger partial charge < -0.3 is 9.67 Å².